The first-order valence-electron chi connectivity index (χ1n) is 5.63. The second kappa shape index (κ2) is 6.85. The van der Waals surface area contributed by atoms with Crippen LogP contribution in [-0.4, -0.2) is 19.8 Å². The van der Waals surface area contributed by atoms with Gasteiger partial charge in [0.05, 0.1) is 16.3 Å². The minimum absolute atomic E-state index is 0.0706. The molecule has 0 aromatic heterocycles. The van der Waals surface area contributed by atoms with Crippen LogP contribution in [0.15, 0.2) is 18.2 Å². The Kier molecular flexibility index (Phi) is 5.75. The maximum absolute atomic E-state index is 12.4. The van der Waals surface area contributed by atoms with E-state index in [2.05, 4.69) is 5.32 Å². The summed E-state index contributed by atoms with van der Waals surface area (Å²) in [6, 6.07) is 3.27. The monoisotopic (exact) mass is 281 g/mol. The molecule has 18 heavy (non-hydrogen) atoms. The largest absolute Gasteiger partial charge is 0.416 e. The third kappa shape index (κ3) is 4.74. The van der Waals surface area contributed by atoms with Crippen molar-refractivity contribution in [1.29, 1.82) is 0 Å². The van der Waals surface area contributed by atoms with E-state index in [-0.39, 0.29) is 5.02 Å². The van der Waals surface area contributed by atoms with Gasteiger partial charge in [-0.1, -0.05) is 11.6 Å². The highest BCUT2D eigenvalue weighted by Gasteiger charge is 2.30. The summed E-state index contributed by atoms with van der Waals surface area (Å²) in [5, 5.41) is 3.04. The molecule has 0 spiro atoms. The predicted molar refractivity (Wildman–Crippen MR) is 66.1 cm³/mol. The van der Waals surface area contributed by atoms with Crippen LogP contribution >= 0.6 is 11.6 Å². The fraction of sp³-hybridized carbons (Fsp3) is 0.500. The molecule has 2 nitrogen and oxygen atoms in total. The third-order valence-electron chi connectivity index (χ3n) is 2.28. The molecular formula is C12H15ClF3NO. The molecule has 1 aromatic carbocycles. The number of hydrogen-bond donors (Lipinski definition) is 1. The van der Waals surface area contributed by atoms with Crippen LogP contribution in [0.25, 0.3) is 0 Å². The molecule has 0 saturated heterocycles. The molecule has 0 amide bonds. The summed E-state index contributed by atoms with van der Waals surface area (Å²) < 4.78 is 42.3. The van der Waals surface area contributed by atoms with Gasteiger partial charge in [0.25, 0.3) is 0 Å². The van der Waals surface area contributed by atoms with E-state index >= 15 is 0 Å². The molecule has 1 aromatic rings. The van der Waals surface area contributed by atoms with E-state index in [1.165, 1.54) is 6.07 Å². The van der Waals surface area contributed by atoms with E-state index in [9.17, 15) is 13.2 Å². The van der Waals surface area contributed by atoms with Crippen molar-refractivity contribution >= 4 is 17.3 Å². The highest BCUT2D eigenvalue weighted by molar-refractivity contribution is 6.33. The second-order valence-corrected chi connectivity index (χ2v) is 4.08. The highest BCUT2D eigenvalue weighted by Crippen LogP contribution is 2.33. The number of hydrogen-bond acceptors (Lipinski definition) is 2. The zero-order valence-electron chi connectivity index (χ0n) is 9.98. The first-order chi connectivity index (χ1) is 8.45. The smallest absolute Gasteiger partial charge is 0.384 e. The molecule has 6 heteroatoms. The summed E-state index contributed by atoms with van der Waals surface area (Å²) in [6.45, 7) is 3.77. The fourth-order valence-electron chi connectivity index (χ4n) is 1.38. The Morgan fingerprint density at radius 2 is 2.06 bits per heavy atom. The number of benzene rings is 1. The zero-order valence-corrected chi connectivity index (χ0v) is 10.7. The number of anilines is 1. The molecule has 102 valence electrons. The van der Waals surface area contributed by atoms with Crippen molar-refractivity contribution < 1.29 is 17.9 Å². The highest BCUT2D eigenvalue weighted by atomic mass is 35.5. The SMILES string of the molecule is CCOCCCNc1ccc(C(F)(F)F)cc1Cl. The Morgan fingerprint density at radius 3 is 2.61 bits per heavy atom. The van der Waals surface area contributed by atoms with Gasteiger partial charge in [0, 0.05) is 19.8 Å². The standard InChI is InChI=1S/C12H15ClF3NO/c1-2-18-7-3-6-17-11-5-4-9(8-10(11)13)12(14,15)16/h4-5,8,17H,2-3,6-7H2,1H3. The number of nitrogens with one attached hydrogen (secondary N) is 1. The topological polar surface area (TPSA) is 21.3 Å². The Bertz CT molecular complexity index is 382. The van der Waals surface area contributed by atoms with Crippen LogP contribution in [0.1, 0.15) is 18.9 Å². The van der Waals surface area contributed by atoms with Gasteiger partial charge in [0.2, 0.25) is 0 Å². The summed E-state index contributed by atoms with van der Waals surface area (Å²) >= 11 is 5.78. The van der Waals surface area contributed by atoms with Gasteiger partial charge in [-0.05, 0) is 31.5 Å². The van der Waals surface area contributed by atoms with Crippen molar-refractivity contribution in [2.45, 2.75) is 19.5 Å². The lowest BCUT2D eigenvalue weighted by molar-refractivity contribution is -0.137. The normalized spacial score (nSPS) is 11.6. The molecule has 0 atom stereocenters. The lowest BCUT2D eigenvalue weighted by Crippen LogP contribution is -2.08. The summed E-state index contributed by atoms with van der Waals surface area (Å²) in [6.07, 6.45) is -3.59. The third-order valence-corrected chi connectivity index (χ3v) is 2.59. The van der Waals surface area contributed by atoms with Crippen molar-refractivity contribution in [2.24, 2.45) is 0 Å². The van der Waals surface area contributed by atoms with Gasteiger partial charge in [0.15, 0.2) is 0 Å². The minimum atomic E-state index is -4.36. The fourth-order valence-corrected chi connectivity index (χ4v) is 1.62. The Morgan fingerprint density at radius 1 is 1.33 bits per heavy atom. The first kappa shape index (κ1) is 15.1. The van der Waals surface area contributed by atoms with Gasteiger partial charge in [0.1, 0.15) is 0 Å². The van der Waals surface area contributed by atoms with Crippen molar-refractivity contribution in [3.63, 3.8) is 0 Å². The molecule has 0 saturated carbocycles. The minimum Gasteiger partial charge on any atom is -0.384 e. The van der Waals surface area contributed by atoms with E-state index < -0.39 is 11.7 Å². The summed E-state index contributed by atoms with van der Waals surface area (Å²) in [5.41, 5.74) is -0.242. The molecule has 0 unspecified atom stereocenters. The molecule has 1 rings (SSSR count). The van der Waals surface area contributed by atoms with E-state index in [1.54, 1.807) is 0 Å². The van der Waals surface area contributed by atoms with E-state index in [1.807, 2.05) is 6.92 Å². The summed E-state index contributed by atoms with van der Waals surface area (Å²) in [7, 11) is 0. The molecule has 0 fully saturated rings. The Balaban J connectivity index is 2.53. The summed E-state index contributed by atoms with van der Waals surface area (Å²) in [4.78, 5) is 0. The van der Waals surface area contributed by atoms with Gasteiger partial charge < -0.3 is 10.1 Å². The van der Waals surface area contributed by atoms with Gasteiger partial charge in [-0.15, -0.1) is 0 Å². The number of rotatable bonds is 6. The first-order valence-corrected chi connectivity index (χ1v) is 6.01. The average molecular weight is 282 g/mol. The molecule has 0 aliphatic rings. The maximum Gasteiger partial charge on any atom is 0.416 e. The van der Waals surface area contributed by atoms with Gasteiger partial charge in [-0.2, -0.15) is 13.2 Å². The quantitative estimate of drug-likeness (QED) is 0.789. The van der Waals surface area contributed by atoms with Crippen molar-refractivity contribution in [3.05, 3.63) is 28.8 Å². The maximum atomic E-state index is 12.4. The van der Waals surface area contributed by atoms with Crippen LogP contribution in [0.4, 0.5) is 18.9 Å². The second-order valence-electron chi connectivity index (χ2n) is 3.67. The summed E-state index contributed by atoms with van der Waals surface area (Å²) in [5.74, 6) is 0. The van der Waals surface area contributed by atoms with Crippen LogP contribution in [0.2, 0.25) is 5.02 Å². The number of ether oxygens (including phenoxy) is 1. The molecule has 0 aliphatic heterocycles. The molecule has 1 N–H and O–H groups in total. The van der Waals surface area contributed by atoms with Crippen molar-refractivity contribution in [2.75, 3.05) is 25.1 Å². The van der Waals surface area contributed by atoms with Crippen molar-refractivity contribution in [1.82, 2.24) is 0 Å². The van der Waals surface area contributed by atoms with Gasteiger partial charge in [-0.3, -0.25) is 0 Å². The molecular weight excluding hydrogens is 267 g/mol. The van der Waals surface area contributed by atoms with Crippen LogP contribution in [0.5, 0.6) is 0 Å². The van der Waals surface area contributed by atoms with Crippen LogP contribution < -0.4 is 5.32 Å². The van der Waals surface area contributed by atoms with E-state index in [0.717, 1.165) is 18.6 Å². The predicted octanol–water partition coefficient (Wildman–Crippen LogP) is 4.20. The van der Waals surface area contributed by atoms with Crippen LogP contribution in [0.3, 0.4) is 0 Å². The lowest BCUT2D eigenvalue weighted by Gasteiger charge is -2.11. The van der Waals surface area contributed by atoms with E-state index in [0.29, 0.717) is 25.4 Å². The van der Waals surface area contributed by atoms with Gasteiger partial charge in [-0.25, -0.2) is 0 Å². The Labute approximate surface area is 109 Å². The van der Waals surface area contributed by atoms with E-state index in [4.69, 9.17) is 16.3 Å². The van der Waals surface area contributed by atoms with Gasteiger partial charge >= 0.3 is 6.18 Å². The zero-order chi connectivity index (χ0) is 13.6. The Hall–Kier alpha value is -0.940. The molecule has 0 radical (unpaired) electrons. The lowest BCUT2D eigenvalue weighted by atomic mass is 10.2. The number of alkyl halides is 3. The number of halogens is 4. The molecule has 0 heterocycles. The molecule has 0 bridgehead atoms. The van der Waals surface area contributed by atoms with Crippen LogP contribution in [0, 0.1) is 0 Å². The van der Waals surface area contributed by atoms with Crippen molar-refractivity contribution in [3.8, 4) is 0 Å². The average Bonchev–Trinajstić information content (AvgIpc) is 2.29. The molecule has 0 aliphatic carbocycles. The van der Waals surface area contributed by atoms with Crippen LogP contribution in [-0.2, 0) is 10.9 Å².